The Morgan fingerprint density at radius 3 is 3.12 bits per heavy atom. The number of rotatable bonds is 5. The van der Waals surface area contributed by atoms with Crippen molar-refractivity contribution in [3.8, 4) is 0 Å². The Hall–Kier alpha value is -1.01. The topological polar surface area (TPSA) is 78.9 Å². The number of hydrogen-bond acceptors (Lipinski definition) is 5. The maximum atomic E-state index is 5.47. The van der Waals surface area contributed by atoms with E-state index in [0.29, 0.717) is 5.92 Å². The first-order chi connectivity index (χ1) is 7.92. The van der Waals surface area contributed by atoms with Crippen LogP contribution in [0.2, 0.25) is 0 Å². The van der Waals surface area contributed by atoms with Crippen molar-refractivity contribution in [2.24, 2.45) is 5.73 Å². The molecule has 0 saturated carbocycles. The van der Waals surface area contributed by atoms with E-state index in [0.717, 1.165) is 57.8 Å². The molecule has 1 saturated heterocycles. The average Bonchev–Trinajstić information content (AvgIpc) is 2.79. The average molecular weight is 225 g/mol. The quantitative estimate of drug-likeness (QED) is 0.729. The van der Waals surface area contributed by atoms with Crippen LogP contribution in [-0.2, 0) is 11.3 Å². The van der Waals surface area contributed by atoms with Crippen molar-refractivity contribution in [1.29, 1.82) is 0 Å². The highest BCUT2D eigenvalue weighted by molar-refractivity contribution is 4.94. The molecule has 0 radical (unpaired) electrons. The zero-order chi connectivity index (χ0) is 11.2. The van der Waals surface area contributed by atoms with Gasteiger partial charge in [0.25, 0.3) is 0 Å². The van der Waals surface area contributed by atoms with Gasteiger partial charge in [0.1, 0.15) is 0 Å². The first kappa shape index (κ1) is 11.5. The van der Waals surface area contributed by atoms with Crippen molar-refractivity contribution in [3.05, 3.63) is 5.82 Å². The number of unbranched alkanes of at least 4 members (excludes halogenated alkanes) is 1. The van der Waals surface area contributed by atoms with Crippen LogP contribution < -0.4 is 5.73 Å². The number of hydrogen-bond donors (Lipinski definition) is 1. The molecule has 0 amide bonds. The van der Waals surface area contributed by atoms with Gasteiger partial charge in [-0.15, -0.1) is 5.10 Å². The summed E-state index contributed by atoms with van der Waals surface area (Å²) < 4.78 is 7.36. The molecule has 2 rings (SSSR count). The van der Waals surface area contributed by atoms with Crippen LogP contribution in [-0.4, -0.2) is 40.0 Å². The third-order valence-electron chi connectivity index (χ3n) is 2.91. The lowest BCUT2D eigenvalue weighted by molar-refractivity contribution is 0.0765. The van der Waals surface area contributed by atoms with Gasteiger partial charge < -0.3 is 10.5 Å². The maximum Gasteiger partial charge on any atom is 0.156 e. The predicted octanol–water partition coefficient (Wildman–Crippen LogP) is 0.306. The van der Waals surface area contributed by atoms with Crippen LogP contribution in [0.1, 0.15) is 37.4 Å². The van der Waals surface area contributed by atoms with E-state index in [-0.39, 0.29) is 0 Å². The normalized spacial score (nSPS) is 21.2. The minimum atomic E-state index is 0.363. The molecule has 6 nitrogen and oxygen atoms in total. The highest BCUT2D eigenvalue weighted by atomic mass is 16.5. The molecule has 1 aliphatic heterocycles. The lowest BCUT2D eigenvalue weighted by atomic mass is 10.0. The van der Waals surface area contributed by atoms with Gasteiger partial charge in [0.15, 0.2) is 5.82 Å². The second-order valence-corrected chi connectivity index (χ2v) is 4.17. The smallest absolute Gasteiger partial charge is 0.156 e. The Bertz CT molecular complexity index is 308. The first-order valence-electron chi connectivity index (χ1n) is 5.95. The van der Waals surface area contributed by atoms with E-state index >= 15 is 0 Å². The van der Waals surface area contributed by atoms with Crippen molar-refractivity contribution >= 4 is 0 Å². The monoisotopic (exact) mass is 225 g/mol. The summed E-state index contributed by atoms with van der Waals surface area (Å²) in [6, 6.07) is 0. The SMILES string of the molecule is NCCCCn1nnnc1C1CCCOC1. The Morgan fingerprint density at radius 2 is 2.38 bits per heavy atom. The zero-order valence-corrected chi connectivity index (χ0v) is 9.51. The van der Waals surface area contributed by atoms with E-state index < -0.39 is 0 Å². The maximum absolute atomic E-state index is 5.47. The van der Waals surface area contributed by atoms with Gasteiger partial charge in [-0.2, -0.15) is 0 Å². The molecule has 2 N–H and O–H groups in total. The van der Waals surface area contributed by atoms with Gasteiger partial charge in [0.2, 0.25) is 0 Å². The molecule has 90 valence electrons. The number of aryl methyl sites for hydroxylation is 1. The molecule has 1 unspecified atom stereocenters. The third-order valence-corrected chi connectivity index (χ3v) is 2.91. The van der Waals surface area contributed by atoms with E-state index in [1.165, 1.54) is 0 Å². The van der Waals surface area contributed by atoms with Gasteiger partial charge in [0.05, 0.1) is 6.61 Å². The van der Waals surface area contributed by atoms with E-state index in [4.69, 9.17) is 10.5 Å². The highest BCUT2D eigenvalue weighted by Crippen LogP contribution is 2.23. The highest BCUT2D eigenvalue weighted by Gasteiger charge is 2.21. The standard InChI is InChI=1S/C10H19N5O/c11-5-1-2-6-15-10(12-13-14-15)9-4-3-7-16-8-9/h9H,1-8,11H2. The Labute approximate surface area is 95.1 Å². The lowest BCUT2D eigenvalue weighted by Gasteiger charge is -2.20. The summed E-state index contributed by atoms with van der Waals surface area (Å²) in [6.45, 7) is 3.20. The van der Waals surface area contributed by atoms with Crippen LogP contribution in [0.25, 0.3) is 0 Å². The second-order valence-electron chi connectivity index (χ2n) is 4.17. The van der Waals surface area contributed by atoms with Crippen LogP contribution in [0.3, 0.4) is 0 Å². The summed E-state index contributed by atoms with van der Waals surface area (Å²) in [7, 11) is 0. The number of nitrogens with two attached hydrogens (primary N) is 1. The number of nitrogens with zero attached hydrogens (tertiary/aromatic N) is 4. The van der Waals surface area contributed by atoms with Gasteiger partial charge in [-0.25, -0.2) is 4.68 Å². The summed E-state index contributed by atoms with van der Waals surface area (Å²) in [5.74, 6) is 1.33. The molecule has 0 spiro atoms. The lowest BCUT2D eigenvalue weighted by Crippen LogP contribution is -2.20. The van der Waals surface area contributed by atoms with Crippen LogP contribution >= 0.6 is 0 Å². The molecule has 0 aliphatic carbocycles. The van der Waals surface area contributed by atoms with E-state index in [2.05, 4.69) is 15.5 Å². The van der Waals surface area contributed by atoms with E-state index in [1.807, 2.05) is 4.68 Å². The number of ether oxygens (including phenoxy) is 1. The minimum absolute atomic E-state index is 0.363. The Kier molecular flexibility index (Phi) is 4.24. The molecule has 16 heavy (non-hydrogen) atoms. The second kappa shape index (κ2) is 5.91. The van der Waals surface area contributed by atoms with Gasteiger partial charge >= 0.3 is 0 Å². The van der Waals surface area contributed by atoms with Crippen LogP contribution in [0.5, 0.6) is 0 Å². The molecular weight excluding hydrogens is 206 g/mol. The largest absolute Gasteiger partial charge is 0.381 e. The van der Waals surface area contributed by atoms with Crippen LogP contribution in [0.15, 0.2) is 0 Å². The van der Waals surface area contributed by atoms with Crippen LogP contribution in [0, 0.1) is 0 Å². The molecule has 1 fully saturated rings. The molecule has 1 aromatic heterocycles. The first-order valence-corrected chi connectivity index (χ1v) is 5.95. The fourth-order valence-corrected chi connectivity index (χ4v) is 2.01. The number of aromatic nitrogens is 4. The van der Waals surface area contributed by atoms with Gasteiger partial charge in [-0.05, 0) is 42.7 Å². The van der Waals surface area contributed by atoms with Crippen molar-refractivity contribution < 1.29 is 4.74 Å². The summed E-state index contributed by atoms with van der Waals surface area (Å²) in [5.41, 5.74) is 5.47. The van der Waals surface area contributed by atoms with Gasteiger partial charge in [0, 0.05) is 19.1 Å². The fraction of sp³-hybridized carbons (Fsp3) is 0.900. The Balaban J connectivity index is 1.94. The Morgan fingerprint density at radius 1 is 1.44 bits per heavy atom. The third kappa shape index (κ3) is 2.76. The predicted molar refractivity (Wildman–Crippen MR) is 58.9 cm³/mol. The van der Waals surface area contributed by atoms with Crippen LogP contribution in [0.4, 0.5) is 0 Å². The van der Waals surface area contributed by atoms with E-state index in [1.54, 1.807) is 0 Å². The molecular formula is C10H19N5O. The van der Waals surface area contributed by atoms with Crippen molar-refractivity contribution in [1.82, 2.24) is 20.2 Å². The molecule has 2 heterocycles. The van der Waals surface area contributed by atoms with Gasteiger partial charge in [-0.1, -0.05) is 0 Å². The zero-order valence-electron chi connectivity index (χ0n) is 9.51. The number of tetrazole rings is 1. The van der Waals surface area contributed by atoms with Crippen molar-refractivity contribution in [3.63, 3.8) is 0 Å². The molecule has 6 heteroatoms. The molecule has 0 aromatic carbocycles. The minimum Gasteiger partial charge on any atom is -0.381 e. The summed E-state index contributed by atoms with van der Waals surface area (Å²) >= 11 is 0. The van der Waals surface area contributed by atoms with Crippen molar-refractivity contribution in [2.75, 3.05) is 19.8 Å². The fourth-order valence-electron chi connectivity index (χ4n) is 2.01. The summed E-state index contributed by atoms with van der Waals surface area (Å²) in [6.07, 6.45) is 4.26. The van der Waals surface area contributed by atoms with Crippen molar-refractivity contribution in [2.45, 2.75) is 38.1 Å². The molecule has 1 atom stereocenters. The summed E-state index contributed by atoms with van der Waals surface area (Å²) in [4.78, 5) is 0. The van der Waals surface area contributed by atoms with Gasteiger partial charge in [-0.3, -0.25) is 0 Å². The molecule has 1 aliphatic rings. The molecule has 0 bridgehead atoms. The molecule has 1 aromatic rings. The van der Waals surface area contributed by atoms with E-state index in [9.17, 15) is 0 Å². The summed E-state index contributed by atoms with van der Waals surface area (Å²) in [5, 5.41) is 11.9.